The van der Waals surface area contributed by atoms with Crippen LogP contribution < -0.4 is 0 Å². The first-order valence-electron chi connectivity index (χ1n) is 5.55. The van der Waals surface area contributed by atoms with Gasteiger partial charge in [-0.25, -0.2) is 0 Å². The first kappa shape index (κ1) is 10.7. The van der Waals surface area contributed by atoms with E-state index in [1.807, 2.05) is 18.2 Å². The van der Waals surface area contributed by atoms with E-state index in [0.29, 0.717) is 5.92 Å². The molecule has 0 spiro atoms. The van der Waals surface area contributed by atoms with Crippen LogP contribution in [0.1, 0.15) is 31.9 Å². The van der Waals surface area contributed by atoms with Crippen LogP contribution in [0.2, 0.25) is 0 Å². The predicted octanol–water partition coefficient (Wildman–Crippen LogP) is 3.05. The average Bonchev–Trinajstić information content (AvgIpc) is 2.39. The molecule has 0 N–H and O–H groups in total. The van der Waals surface area contributed by atoms with Crippen molar-refractivity contribution in [2.24, 2.45) is 0 Å². The second kappa shape index (κ2) is 4.84. The van der Waals surface area contributed by atoms with E-state index >= 15 is 0 Å². The maximum Gasteiger partial charge on any atom is 0.110 e. The lowest BCUT2D eigenvalue weighted by Crippen LogP contribution is -2.01. The molecule has 3 heteroatoms. The molecule has 0 aromatic carbocycles. The maximum atomic E-state index is 4.42. The van der Waals surface area contributed by atoms with Gasteiger partial charge in [-0.05, 0) is 18.6 Å². The van der Waals surface area contributed by atoms with E-state index in [1.165, 1.54) is 0 Å². The van der Waals surface area contributed by atoms with Gasteiger partial charge in [0.25, 0.3) is 0 Å². The third-order valence-corrected chi connectivity index (χ3v) is 2.71. The van der Waals surface area contributed by atoms with E-state index in [2.05, 4.69) is 28.8 Å². The normalized spacial score (nSPS) is 12.4. The van der Waals surface area contributed by atoms with E-state index < -0.39 is 0 Å². The first-order valence-corrected chi connectivity index (χ1v) is 5.55. The highest BCUT2D eigenvalue weighted by atomic mass is 14.8. The monoisotopic (exact) mass is 213 g/mol. The zero-order valence-electron chi connectivity index (χ0n) is 9.59. The standard InChI is InChI=1S/C13H15N3/c1-3-10(2)12-13(16-9-8-15-12)11-6-4-5-7-14-11/h4-10H,3H2,1-2H3. The summed E-state index contributed by atoms with van der Waals surface area (Å²) in [7, 11) is 0. The van der Waals surface area contributed by atoms with Gasteiger partial charge in [0.1, 0.15) is 5.69 Å². The van der Waals surface area contributed by atoms with Gasteiger partial charge in [-0.15, -0.1) is 0 Å². The summed E-state index contributed by atoms with van der Waals surface area (Å²) in [5, 5.41) is 0. The SMILES string of the molecule is CCC(C)c1nccnc1-c1ccccn1. The van der Waals surface area contributed by atoms with Crippen molar-refractivity contribution >= 4 is 0 Å². The molecule has 0 fully saturated rings. The Hall–Kier alpha value is -1.77. The molecule has 2 aromatic heterocycles. The minimum atomic E-state index is 0.408. The van der Waals surface area contributed by atoms with Crippen molar-refractivity contribution < 1.29 is 0 Å². The Balaban J connectivity index is 2.49. The number of pyridine rings is 1. The molecule has 1 atom stereocenters. The zero-order valence-corrected chi connectivity index (χ0v) is 9.59. The molecular formula is C13H15N3. The zero-order chi connectivity index (χ0) is 11.4. The summed E-state index contributed by atoms with van der Waals surface area (Å²) in [6.45, 7) is 4.32. The highest BCUT2D eigenvalue weighted by Crippen LogP contribution is 2.25. The number of rotatable bonds is 3. The van der Waals surface area contributed by atoms with E-state index in [-0.39, 0.29) is 0 Å². The molecule has 1 unspecified atom stereocenters. The van der Waals surface area contributed by atoms with Gasteiger partial charge >= 0.3 is 0 Å². The molecule has 2 heterocycles. The van der Waals surface area contributed by atoms with Crippen molar-refractivity contribution in [3.63, 3.8) is 0 Å². The van der Waals surface area contributed by atoms with Crippen molar-refractivity contribution in [1.82, 2.24) is 15.0 Å². The lowest BCUT2D eigenvalue weighted by Gasteiger charge is -2.11. The van der Waals surface area contributed by atoms with Crippen LogP contribution in [0.4, 0.5) is 0 Å². The fraction of sp³-hybridized carbons (Fsp3) is 0.308. The molecule has 0 aliphatic heterocycles. The van der Waals surface area contributed by atoms with Crippen LogP contribution in [0.3, 0.4) is 0 Å². The molecule has 0 saturated heterocycles. The van der Waals surface area contributed by atoms with Crippen LogP contribution in [-0.2, 0) is 0 Å². The molecule has 3 nitrogen and oxygen atoms in total. The second-order valence-corrected chi connectivity index (χ2v) is 3.81. The van der Waals surface area contributed by atoms with Crippen molar-refractivity contribution in [3.05, 3.63) is 42.5 Å². The van der Waals surface area contributed by atoms with Crippen LogP contribution in [0.15, 0.2) is 36.8 Å². The van der Waals surface area contributed by atoms with Gasteiger partial charge in [0, 0.05) is 24.5 Å². The molecule has 0 amide bonds. The highest BCUT2D eigenvalue weighted by Gasteiger charge is 2.13. The smallest absolute Gasteiger partial charge is 0.110 e. The van der Waals surface area contributed by atoms with Crippen LogP contribution >= 0.6 is 0 Å². The van der Waals surface area contributed by atoms with Crippen LogP contribution in [0.5, 0.6) is 0 Å². The second-order valence-electron chi connectivity index (χ2n) is 3.81. The van der Waals surface area contributed by atoms with Crippen LogP contribution in [0, 0.1) is 0 Å². The van der Waals surface area contributed by atoms with E-state index in [9.17, 15) is 0 Å². The summed E-state index contributed by atoms with van der Waals surface area (Å²) in [5.41, 5.74) is 2.83. The van der Waals surface area contributed by atoms with E-state index in [0.717, 1.165) is 23.5 Å². The average molecular weight is 213 g/mol. The molecule has 0 bridgehead atoms. The highest BCUT2D eigenvalue weighted by molar-refractivity contribution is 5.57. The molecular weight excluding hydrogens is 198 g/mol. The molecule has 0 aliphatic rings. The topological polar surface area (TPSA) is 38.7 Å². The third kappa shape index (κ3) is 2.08. The van der Waals surface area contributed by atoms with Crippen molar-refractivity contribution in [2.75, 3.05) is 0 Å². The third-order valence-electron chi connectivity index (χ3n) is 2.71. The molecule has 0 radical (unpaired) electrons. The number of aromatic nitrogens is 3. The van der Waals surface area contributed by atoms with Gasteiger partial charge in [0.2, 0.25) is 0 Å². The number of hydrogen-bond acceptors (Lipinski definition) is 3. The molecule has 0 aliphatic carbocycles. The van der Waals surface area contributed by atoms with Crippen molar-refractivity contribution in [1.29, 1.82) is 0 Å². The van der Waals surface area contributed by atoms with E-state index in [1.54, 1.807) is 18.6 Å². The molecule has 16 heavy (non-hydrogen) atoms. The Morgan fingerprint density at radius 3 is 2.56 bits per heavy atom. The summed E-state index contributed by atoms with van der Waals surface area (Å²) >= 11 is 0. The van der Waals surface area contributed by atoms with Gasteiger partial charge in [-0.3, -0.25) is 15.0 Å². The lowest BCUT2D eigenvalue weighted by molar-refractivity contribution is 0.705. The summed E-state index contributed by atoms with van der Waals surface area (Å²) in [5.74, 6) is 0.408. The molecule has 2 aromatic rings. The number of hydrogen-bond donors (Lipinski definition) is 0. The van der Waals surface area contributed by atoms with Gasteiger partial charge < -0.3 is 0 Å². The van der Waals surface area contributed by atoms with Gasteiger partial charge in [0.05, 0.1) is 11.4 Å². The fourth-order valence-electron chi connectivity index (χ4n) is 1.60. The quantitative estimate of drug-likeness (QED) is 0.786. The number of nitrogens with zero attached hydrogens (tertiary/aromatic N) is 3. The summed E-state index contributed by atoms with van der Waals surface area (Å²) < 4.78 is 0. The Labute approximate surface area is 95.6 Å². The van der Waals surface area contributed by atoms with Gasteiger partial charge in [-0.1, -0.05) is 19.9 Å². The minimum Gasteiger partial charge on any atom is -0.257 e. The Morgan fingerprint density at radius 1 is 1.06 bits per heavy atom. The van der Waals surface area contributed by atoms with E-state index in [4.69, 9.17) is 0 Å². The van der Waals surface area contributed by atoms with Crippen molar-refractivity contribution in [2.45, 2.75) is 26.2 Å². The Morgan fingerprint density at radius 2 is 1.88 bits per heavy atom. The largest absolute Gasteiger partial charge is 0.257 e. The van der Waals surface area contributed by atoms with Crippen LogP contribution in [-0.4, -0.2) is 15.0 Å². The Kier molecular flexibility index (Phi) is 3.25. The fourth-order valence-corrected chi connectivity index (χ4v) is 1.60. The predicted molar refractivity (Wildman–Crippen MR) is 64.0 cm³/mol. The summed E-state index contributed by atoms with van der Waals surface area (Å²) in [4.78, 5) is 13.1. The summed E-state index contributed by atoms with van der Waals surface area (Å²) in [6, 6.07) is 5.84. The molecule has 0 saturated carbocycles. The van der Waals surface area contributed by atoms with Gasteiger partial charge in [-0.2, -0.15) is 0 Å². The minimum absolute atomic E-state index is 0.408. The van der Waals surface area contributed by atoms with Gasteiger partial charge in [0.15, 0.2) is 0 Å². The lowest BCUT2D eigenvalue weighted by atomic mass is 10.0. The first-order chi connectivity index (χ1) is 7.83. The maximum absolute atomic E-state index is 4.42. The van der Waals surface area contributed by atoms with Crippen molar-refractivity contribution in [3.8, 4) is 11.4 Å². The summed E-state index contributed by atoms with van der Waals surface area (Å²) in [6.07, 6.45) is 6.30. The van der Waals surface area contributed by atoms with Crippen LogP contribution in [0.25, 0.3) is 11.4 Å². The molecule has 82 valence electrons. The molecule has 2 rings (SSSR count). The Bertz CT molecular complexity index is 454.